The van der Waals surface area contributed by atoms with Gasteiger partial charge in [-0.3, -0.25) is 9.59 Å². The van der Waals surface area contributed by atoms with Gasteiger partial charge in [-0.2, -0.15) is 0 Å². The highest BCUT2D eigenvalue weighted by Gasteiger charge is 2.43. The maximum atomic E-state index is 13.4. The zero-order chi connectivity index (χ0) is 26.6. The number of carbonyl (C=O) groups excluding carboxylic acids is 2. The third kappa shape index (κ3) is 5.56. The van der Waals surface area contributed by atoms with Gasteiger partial charge in [0, 0.05) is 49.6 Å². The number of likely N-dealkylation sites (tertiary alicyclic amines) is 2. The molecule has 0 saturated carbocycles. The van der Waals surface area contributed by atoms with Crippen molar-refractivity contribution in [1.29, 1.82) is 0 Å². The summed E-state index contributed by atoms with van der Waals surface area (Å²) in [6.45, 7) is 4.66. The minimum atomic E-state index is 0.0205. The lowest BCUT2D eigenvalue weighted by atomic mass is 9.77. The highest BCUT2D eigenvalue weighted by molar-refractivity contribution is 7.98. The summed E-state index contributed by atoms with van der Waals surface area (Å²) in [5.74, 6) is 1.82. The van der Waals surface area contributed by atoms with Crippen LogP contribution in [0.1, 0.15) is 42.1 Å². The fraction of sp³-hybridized carbons (Fsp3) is 0.464. The van der Waals surface area contributed by atoms with Crippen molar-refractivity contribution >= 4 is 29.7 Å². The summed E-state index contributed by atoms with van der Waals surface area (Å²) in [7, 11) is 4.75. The Kier molecular flexibility index (Phi) is 8.32. The molecule has 0 aliphatic carbocycles. The van der Waals surface area contributed by atoms with Gasteiger partial charge in [-0.1, -0.05) is 0 Å². The van der Waals surface area contributed by atoms with Crippen LogP contribution in [-0.4, -0.2) is 80.4 Å². The van der Waals surface area contributed by atoms with E-state index in [1.165, 1.54) is 11.8 Å². The topological polar surface area (TPSA) is 81.2 Å². The molecule has 2 saturated heterocycles. The third-order valence-electron chi connectivity index (χ3n) is 7.48. The molecule has 0 unspecified atom stereocenters. The van der Waals surface area contributed by atoms with Crippen LogP contribution in [0.5, 0.6) is 17.2 Å². The molecule has 0 radical (unpaired) electrons. The molecule has 1 aromatic carbocycles. The molecule has 2 aliphatic rings. The molecule has 0 atom stereocenters. The standard InChI is InChI=1S/C28H35N3O5S/c1-19(15-20-16-23(35-3)24(36-4)17-22(20)34-2)26(32)31-14-10-28(18-31)8-12-30(13-9-28)27(33)21-7-6-11-29-25(21)37-5/h6-7,11,15-17H,8-10,12-14,18H2,1-5H3/b19-15+. The van der Waals surface area contributed by atoms with Gasteiger partial charge < -0.3 is 24.0 Å². The molecule has 9 heteroatoms. The van der Waals surface area contributed by atoms with E-state index in [4.69, 9.17) is 14.2 Å². The summed E-state index contributed by atoms with van der Waals surface area (Å²) in [4.78, 5) is 34.7. The molecule has 2 aliphatic heterocycles. The SMILES string of the molecule is COc1cc(OC)c(OC)cc1/C=C(\C)C(=O)N1CCC2(CCN(C(=O)c3cccnc3SC)CC2)C1. The number of carbonyl (C=O) groups is 2. The van der Waals surface area contributed by atoms with Crippen LogP contribution in [-0.2, 0) is 4.79 Å². The van der Waals surface area contributed by atoms with Crippen LogP contribution in [0.25, 0.3) is 6.08 Å². The molecule has 1 aromatic heterocycles. The molecule has 1 spiro atoms. The molecule has 2 fully saturated rings. The maximum absolute atomic E-state index is 13.4. The van der Waals surface area contributed by atoms with Crippen molar-refractivity contribution in [3.05, 3.63) is 47.2 Å². The second-order valence-electron chi connectivity index (χ2n) is 9.61. The largest absolute Gasteiger partial charge is 0.496 e. The van der Waals surface area contributed by atoms with Gasteiger partial charge in [-0.05, 0) is 62.1 Å². The smallest absolute Gasteiger partial charge is 0.256 e. The van der Waals surface area contributed by atoms with Gasteiger partial charge in [-0.25, -0.2) is 4.98 Å². The number of hydrogen-bond acceptors (Lipinski definition) is 7. The molecule has 37 heavy (non-hydrogen) atoms. The minimum absolute atomic E-state index is 0.0205. The number of hydrogen-bond donors (Lipinski definition) is 0. The van der Waals surface area contributed by atoms with Crippen molar-refractivity contribution in [1.82, 2.24) is 14.8 Å². The number of rotatable bonds is 7. The van der Waals surface area contributed by atoms with Crippen molar-refractivity contribution in [3.63, 3.8) is 0 Å². The van der Waals surface area contributed by atoms with E-state index in [-0.39, 0.29) is 17.2 Å². The van der Waals surface area contributed by atoms with Crippen LogP contribution >= 0.6 is 11.8 Å². The van der Waals surface area contributed by atoms with Crippen LogP contribution in [0.3, 0.4) is 0 Å². The van der Waals surface area contributed by atoms with Crippen molar-refractivity contribution in [3.8, 4) is 17.2 Å². The fourth-order valence-electron chi connectivity index (χ4n) is 5.30. The lowest BCUT2D eigenvalue weighted by molar-refractivity contribution is -0.126. The first-order valence-electron chi connectivity index (χ1n) is 12.4. The lowest BCUT2D eigenvalue weighted by Crippen LogP contribution is -2.44. The molecule has 2 aromatic rings. The van der Waals surface area contributed by atoms with E-state index in [1.807, 2.05) is 47.3 Å². The molecule has 0 bridgehead atoms. The number of pyridine rings is 1. The zero-order valence-corrected chi connectivity index (χ0v) is 23.0. The Morgan fingerprint density at radius 2 is 1.59 bits per heavy atom. The van der Waals surface area contributed by atoms with Crippen molar-refractivity contribution in [2.75, 3.05) is 53.8 Å². The van der Waals surface area contributed by atoms with Crippen molar-refractivity contribution in [2.24, 2.45) is 5.41 Å². The number of thioether (sulfide) groups is 1. The average Bonchev–Trinajstić information content (AvgIpc) is 3.35. The van der Waals surface area contributed by atoms with E-state index in [0.717, 1.165) is 36.4 Å². The maximum Gasteiger partial charge on any atom is 0.256 e. The number of aromatic nitrogens is 1. The fourth-order valence-corrected chi connectivity index (χ4v) is 5.84. The molecule has 4 rings (SSSR count). The first-order chi connectivity index (χ1) is 17.8. The first kappa shape index (κ1) is 26.9. The predicted octanol–water partition coefficient (Wildman–Crippen LogP) is 4.39. The molecular formula is C28H35N3O5S. The van der Waals surface area contributed by atoms with Crippen molar-refractivity contribution < 1.29 is 23.8 Å². The number of nitrogens with zero attached hydrogens (tertiary/aromatic N) is 3. The summed E-state index contributed by atoms with van der Waals surface area (Å²) in [5.41, 5.74) is 2.12. The number of piperidine rings is 1. The van der Waals surface area contributed by atoms with Gasteiger partial charge in [0.1, 0.15) is 10.8 Å². The van der Waals surface area contributed by atoms with Crippen LogP contribution in [0.4, 0.5) is 0 Å². The van der Waals surface area contributed by atoms with E-state index in [1.54, 1.807) is 33.6 Å². The Hall–Kier alpha value is -3.20. The average molecular weight is 526 g/mol. The van der Waals surface area contributed by atoms with Gasteiger partial charge in [0.15, 0.2) is 11.5 Å². The van der Waals surface area contributed by atoms with E-state index >= 15 is 0 Å². The Morgan fingerprint density at radius 1 is 0.973 bits per heavy atom. The number of ether oxygens (including phenoxy) is 3. The molecule has 198 valence electrons. The summed E-state index contributed by atoms with van der Waals surface area (Å²) in [6, 6.07) is 7.24. The summed E-state index contributed by atoms with van der Waals surface area (Å²) in [6.07, 6.45) is 8.23. The van der Waals surface area contributed by atoms with Crippen molar-refractivity contribution in [2.45, 2.75) is 31.2 Å². The second-order valence-corrected chi connectivity index (χ2v) is 10.4. The van der Waals surface area contributed by atoms with E-state index in [0.29, 0.717) is 48.0 Å². The summed E-state index contributed by atoms with van der Waals surface area (Å²) in [5, 5.41) is 0.763. The Bertz CT molecular complexity index is 1190. The van der Waals surface area contributed by atoms with Crippen LogP contribution in [0, 0.1) is 5.41 Å². The van der Waals surface area contributed by atoms with Gasteiger partial charge in [0.25, 0.3) is 5.91 Å². The summed E-state index contributed by atoms with van der Waals surface area (Å²) >= 11 is 1.49. The van der Waals surface area contributed by atoms with Crippen LogP contribution < -0.4 is 14.2 Å². The zero-order valence-electron chi connectivity index (χ0n) is 22.2. The summed E-state index contributed by atoms with van der Waals surface area (Å²) < 4.78 is 16.3. The monoisotopic (exact) mass is 525 g/mol. The molecule has 0 N–H and O–H groups in total. The highest BCUT2D eigenvalue weighted by atomic mass is 32.2. The Morgan fingerprint density at radius 3 is 2.22 bits per heavy atom. The highest BCUT2D eigenvalue weighted by Crippen LogP contribution is 2.41. The number of amides is 2. The first-order valence-corrected chi connectivity index (χ1v) is 13.6. The normalized spacial score (nSPS) is 17.2. The lowest BCUT2D eigenvalue weighted by Gasteiger charge is -2.39. The second kappa shape index (κ2) is 11.5. The van der Waals surface area contributed by atoms with Gasteiger partial charge in [0.05, 0.1) is 26.9 Å². The van der Waals surface area contributed by atoms with Crippen LogP contribution in [0.2, 0.25) is 0 Å². The van der Waals surface area contributed by atoms with Gasteiger partial charge in [0.2, 0.25) is 5.91 Å². The Labute approximate surface area is 223 Å². The molecule has 3 heterocycles. The van der Waals surface area contributed by atoms with E-state index < -0.39 is 0 Å². The molecular weight excluding hydrogens is 490 g/mol. The van der Waals surface area contributed by atoms with Gasteiger partial charge in [-0.15, -0.1) is 11.8 Å². The third-order valence-corrected chi connectivity index (χ3v) is 8.19. The molecule has 8 nitrogen and oxygen atoms in total. The molecule has 2 amide bonds. The van der Waals surface area contributed by atoms with Gasteiger partial charge >= 0.3 is 0 Å². The minimum Gasteiger partial charge on any atom is -0.496 e. The predicted molar refractivity (Wildman–Crippen MR) is 145 cm³/mol. The Balaban J connectivity index is 1.42. The quantitative estimate of drug-likeness (QED) is 0.392. The number of benzene rings is 1. The van der Waals surface area contributed by atoms with E-state index in [2.05, 4.69) is 4.98 Å². The number of methoxy groups -OCH3 is 3. The van der Waals surface area contributed by atoms with E-state index in [9.17, 15) is 9.59 Å². The van der Waals surface area contributed by atoms with Crippen LogP contribution in [0.15, 0.2) is 41.1 Å².